The Labute approximate surface area is 115 Å². The molecule has 0 saturated carbocycles. The van der Waals surface area contributed by atoms with Gasteiger partial charge in [-0.25, -0.2) is 0 Å². The second-order valence-electron chi connectivity index (χ2n) is 5.59. The van der Waals surface area contributed by atoms with Crippen molar-refractivity contribution in [3.8, 4) is 0 Å². The van der Waals surface area contributed by atoms with Crippen molar-refractivity contribution in [1.29, 1.82) is 0 Å². The first-order chi connectivity index (χ1) is 9.19. The molecule has 108 valence electrons. The summed E-state index contributed by atoms with van der Waals surface area (Å²) in [4.78, 5) is 6.79. The predicted octanol–water partition coefficient (Wildman–Crippen LogP) is 1.63. The number of nitrogens with one attached hydrogen (secondary N) is 1. The molecule has 19 heavy (non-hydrogen) atoms. The summed E-state index contributed by atoms with van der Waals surface area (Å²) >= 11 is 0. The van der Waals surface area contributed by atoms with Crippen molar-refractivity contribution in [2.45, 2.75) is 46.1 Å². The lowest BCUT2D eigenvalue weighted by molar-refractivity contribution is 0.232. The minimum atomic E-state index is 0.608. The molecule has 1 fully saturated rings. The van der Waals surface area contributed by atoms with Crippen LogP contribution in [0.2, 0.25) is 0 Å². The second kappa shape index (κ2) is 7.01. The molecule has 2 unspecified atom stereocenters. The van der Waals surface area contributed by atoms with Gasteiger partial charge in [-0.3, -0.25) is 0 Å². The lowest BCUT2D eigenvalue weighted by atomic mass is 9.99. The fraction of sp³-hybridized carbons (Fsp3) is 0.857. The lowest BCUT2D eigenvalue weighted by Crippen LogP contribution is -2.42. The van der Waals surface area contributed by atoms with Gasteiger partial charge in [0.2, 0.25) is 5.89 Å². The number of aromatic nitrogens is 2. The summed E-state index contributed by atoms with van der Waals surface area (Å²) in [5.41, 5.74) is 0. The molecule has 5 heteroatoms. The number of hydrogen-bond acceptors (Lipinski definition) is 5. The third-order valence-corrected chi connectivity index (χ3v) is 4.05. The van der Waals surface area contributed by atoms with Gasteiger partial charge in [0.15, 0.2) is 5.82 Å². The molecule has 5 nitrogen and oxygen atoms in total. The van der Waals surface area contributed by atoms with Crippen molar-refractivity contribution >= 4 is 0 Å². The van der Waals surface area contributed by atoms with E-state index in [1.807, 2.05) is 6.92 Å². The quantitative estimate of drug-likeness (QED) is 0.878. The largest absolute Gasteiger partial charge is 0.339 e. The Morgan fingerprint density at radius 3 is 3.05 bits per heavy atom. The van der Waals surface area contributed by atoms with Gasteiger partial charge in [0.25, 0.3) is 0 Å². The van der Waals surface area contributed by atoms with Crippen LogP contribution in [-0.4, -0.2) is 47.3 Å². The summed E-state index contributed by atoms with van der Waals surface area (Å²) in [7, 11) is 0. The fourth-order valence-corrected chi connectivity index (χ4v) is 2.59. The van der Waals surface area contributed by atoms with Crippen molar-refractivity contribution in [1.82, 2.24) is 20.4 Å². The molecule has 2 atom stereocenters. The number of hydrogen-bond donors (Lipinski definition) is 1. The van der Waals surface area contributed by atoms with Gasteiger partial charge in [0.1, 0.15) is 0 Å². The molecule has 0 spiro atoms. The Morgan fingerprint density at radius 1 is 1.53 bits per heavy atom. The highest BCUT2D eigenvalue weighted by Crippen LogP contribution is 2.12. The van der Waals surface area contributed by atoms with Gasteiger partial charge in [0.05, 0.1) is 0 Å². The molecule has 0 aliphatic carbocycles. The van der Waals surface area contributed by atoms with Crippen LogP contribution in [0.5, 0.6) is 0 Å². The molecule has 1 aliphatic rings. The average Bonchev–Trinajstić information content (AvgIpc) is 2.69. The third-order valence-electron chi connectivity index (χ3n) is 4.05. The van der Waals surface area contributed by atoms with Gasteiger partial charge in [0, 0.05) is 25.6 Å². The van der Waals surface area contributed by atoms with Gasteiger partial charge in [-0.05, 0) is 32.4 Å². The molecule has 1 saturated heterocycles. The maximum Gasteiger partial charge on any atom is 0.227 e. The molecule has 0 radical (unpaired) electrons. The van der Waals surface area contributed by atoms with Gasteiger partial charge < -0.3 is 14.7 Å². The maximum atomic E-state index is 5.18. The number of rotatable bonds is 5. The van der Waals surface area contributed by atoms with Crippen molar-refractivity contribution in [3.63, 3.8) is 0 Å². The van der Waals surface area contributed by atoms with Crippen LogP contribution in [0, 0.1) is 12.8 Å². The first kappa shape index (κ1) is 14.5. The van der Waals surface area contributed by atoms with Crippen LogP contribution in [0.15, 0.2) is 4.52 Å². The van der Waals surface area contributed by atoms with E-state index in [2.05, 4.69) is 34.2 Å². The third kappa shape index (κ3) is 4.28. The Morgan fingerprint density at radius 2 is 2.37 bits per heavy atom. The van der Waals surface area contributed by atoms with Crippen LogP contribution < -0.4 is 5.32 Å². The fourth-order valence-electron chi connectivity index (χ4n) is 2.59. The van der Waals surface area contributed by atoms with Crippen LogP contribution in [-0.2, 0) is 6.42 Å². The van der Waals surface area contributed by atoms with E-state index in [1.54, 1.807) is 0 Å². The Balaban J connectivity index is 1.84. The van der Waals surface area contributed by atoms with E-state index in [0.717, 1.165) is 50.2 Å². The Bertz CT molecular complexity index is 379. The zero-order valence-electron chi connectivity index (χ0n) is 12.4. The molecule has 0 amide bonds. The summed E-state index contributed by atoms with van der Waals surface area (Å²) in [6.07, 6.45) is 3.30. The predicted molar refractivity (Wildman–Crippen MR) is 75.0 cm³/mol. The van der Waals surface area contributed by atoms with Crippen LogP contribution in [0.25, 0.3) is 0 Å². The molecule has 0 aromatic carbocycles. The van der Waals surface area contributed by atoms with E-state index in [-0.39, 0.29) is 0 Å². The minimum Gasteiger partial charge on any atom is -0.339 e. The highest BCUT2D eigenvalue weighted by molar-refractivity contribution is 4.86. The average molecular weight is 266 g/mol. The summed E-state index contributed by atoms with van der Waals surface area (Å²) in [5.74, 6) is 2.21. The zero-order chi connectivity index (χ0) is 13.7. The maximum absolute atomic E-state index is 5.18. The summed E-state index contributed by atoms with van der Waals surface area (Å²) in [6, 6.07) is 0.608. The zero-order valence-corrected chi connectivity index (χ0v) is 12.4. The van der Waals surface area contributed by atoms with Crippen molar-refractivity contribution in [2.24, 2.45) is 5.92 Å². The molecule has 1 aliphatic heterocycles. The number of nitrogens with zero attached hydrogens (tertiary/aromatic N) is 3. The van der Waals surface area contributed by atoms with E-state index in [9.17, 15) is 0 Å². The standard InChI is InChI=1S/C14H26N4O/c1-4-11(2)13-10-18(8-5-7-15-13)9-6-14-16-12(3)17-19-14/h11,13,15H,4-10H2,1-3H3. The van der Waals surface area contributed by atoms with E-state index >= 15 is 0 Å². The van der Waals surface area contributed by atoms with E-state index < -0.39 is 0 Å². The van der Waals surface area contributed by atoms with Gasteiger partial charge in [-0.15, -0.1) is 0 Å². The molecule has 0 bridgehead atoms. The Hall–Kier alpha value is -0.940. The molecule has 1 aromatic heterocycles. The van der Waals surface area contributed by atoms with E-state index in [4.69, 9.17) is 4.52 Å². The van der Waals surface area contributed by atoms with Crippen LogP contribution in [0.1, 0.15) is 38.4 Å². The molecule has 2 rings (SSSR count). The second-order valence-corrected chi connectivity index (χ2v) is 5.59. The summed E-state index contributed by atoms with van der Waals surface area (Å²) in [6.45, 7) is 10.9. The molecule has 1 N–H and O–H groups in total. The van der Waals surface area contributed by atoms with Crippen molar-refractivity contribution in [3.05, 3.63) is 11.7 Å². The van der Waals surface area contributed by atoms with E-state index in [0.29, 0.717) is 6.04 Å². The van der Waals surface area contributed by atoms with Gasteiger partial charge >= 0.3 is 0 Å². The van der Waals surface area contributed by atoms with Gasteiger partial charge in [-0.2, -0.15) is 4.98 Å². The van der Waals surface area contributed by atoms with E-state index in [1.165, 1.54) is 12.8 Å². The molecular weight excluding hydrogens is 240 g/mol. The summed E-state index contributed by atoms with van der Waals surface area (Å²) < 4.78 is 5.18. The molecule has 1 aromatic rings. The summed E-state index contributed by atoms with van der Waals surface area (Å²) in [5, 5.41) is 7.51. The van der Waals surface area contributed by atoms with Gasteiger partial charge in [-0.1, -0.05) is 25.4 Å². The first-order valence-electron chi connectivity index (χ1n) is 7.44. The van der Waals surface area contributed by atoms with Crippen molar-refractivity contribution < 1.29 is 4.52 Å². The highest BCUT2D eigenvalue weighted by atomic mass is 16.5. The van der Waals surface area contributed by atoms with Crippen LogP contribution in [0.3, 0.4) is 0 Å². The highest BCUT2D eigenvalue weighted by Gasteiger charge is 2.21. The van der Waals surface area contributed by atoms with Crippen molar-refractivity contribution in [2.75, 3.05) is 26.2 Å². The smallest absolute Gasteiger partial charge is 0.227 e. The first-order valence-corrected chi connectivity index (χ1v) is 7.44. The number of aryl methyl sites for hydroxylation is 1. The Kier molecular flexibility index (Phi) is 5.34. The van der Waals surface area contributed by atoms with Crippen LogP contribution in [0.4, 0.5) is 0 Å². The normalized spacial score (nSPS) is 23.2. The monoisotopic (exact) mass is 266 g/mol. The minimum absolute atomic E-state index is 0.608. The van der Waals surface area contributed by atoms with Crippen LogP contribution >= 0.6 is 0 Å². The molecule has 2 heterocycles. The lowest BCUT2D eigenvalue weighted by Gasteiger charge is -2.27. The SMILES string of the molecule is CCC(C)C1CN(CCc2nc(C)no2)CCCN1. The molecular formula is C14H26N4O. The topological polar surface area (TPSA) is 54.2 Å².